The molecule has 0 amide bonds. The molecule has 0 saturated carbocycles. The summed E-state index contributed by atoms with van der Waals surface area (Å²) in [6.45, 7) is 9.56. The van der Waals surface area contributed by atoms with E-state index in [0.29, 0.717) is 4.17 Å². The maximum atomic E-state index is 11.1. The first kappa shape index (κ1) is 20.6. The summed E-state index contributed by atoms with van der Waals surface area (Å²) >= 11 is -4.01. The third-order valence-electron chi connectivity index (χ3n) is 3.51. The molecule has 9 heteroatoms. The number of carbonyl (C=O) groups excluding carboxylic acids is 3. The second kappa shape index (κ2) is 6.81. The number of allylic oxidation sites excluding steroid dienone is 4. The molecule has 1 rings (SSSR count). The summed E-state index contributed by atoms with van der Waals surface area (Å²) in [5.74, 6) is 0. The molecule has 0 aromatic rings. The van der Waals surface area contributed by atoms with Gasteiger partial charge in [-0.15, -0.1) is 0 Å². The predicted molar refractivity (Wildman–Crippen MR) is 72.1 cm³/mol. The van der Waals surface area contributed by atoms with E-state index in [0.717, 1.165) is 16.7 Å². The number of rotatable bonds is 1. The van der Waals surface area contributed by atoms with Gasteiger partial charge in [0, 0.05) is 0 Å². The Hall–Kier alpha value is -1.37. The molecule has 1 aliphatic rings. The van der Waals surface area contributed by atoms with Gasteiger partial charge in [0.15, 0.2) is 0 Å². The van der Waals surface area contributed by atoms with Gasteiger partial charge in [-0.3, -0.25) is 0 Å². The zero-order chi connectivity index (χ0) is 17.9. The zero-order valence-electron chi connectivity index (χ0n) is 12.7. The maximum absolute atomic E-state index is 11.1. The Morgan fingerprint density at radius 3 is 1.36 bits per heavy atom. The summed E-state index contributed by atoms with van der Waals surface area (Å²) in [7, 11) is -6.00. The Balaban J connectivity index is 0.000000763. The molecule has 0 heterocycles. The Labute approximate surface area is 127 Å². The smallest absolute Gasteiger partial charge is 0.418 e. The molecular weight excluding hydrogens is 392 g/mol. The minimum absolute atomic E-state index is 0.452. The van der Waals surface area contributed by atoms with Crippen molar-refractivity contribution in [1.29, 1.82) is 0 Å². The Morgan fingerprint density at radius 1 is 0.864 bits per heavy atom. The SMILES string of the molecule is CC1=C(C)C(C)(C)[C]([Ru](=[C]=O)(=[C]=O)=[C]=O)=C1C.F[B-](F)(F)F. The van der Waals surface area contributed by atoms with Crippen molar-refractivity contribution >= 4 is 20.7 Å². The van der Waals surface area contributed by atoms with Crippen molar-refractivity contribution in [2.24, 2.45) is 5.41 Å². The van der Waals surface area contributed by atoms with Crippen LogP contribution < -0.4 is 0 Å². The normalized spacial score (nSPS) is 17.3. The first-order chi connectivity index (χ1) is 9.78. The molecule has 3 nitrogen and oxygen atoms in total. The van der Waals surface area contributed by atoms with Gasteiger partial charge in [-0.2, -0.15) is 0 Å². The van der Waals surface area contributed by atoms with Gasteiger partial charge in [0.05, 0.1) is 0 Å². The van der Waals surface area contributed by atoms with Crippen LogP contribution >= 0.6 is 0 Å². The van der Waals surface area contributed by atoms with Gasteiger partial charge in [0.2, 0.25) is 0 Å². The van der Waals surface area contributed by atoms with Crippen LogP contribution in [0.15, 0.2) is 20.9 Å². The molecule has 0 aromatic carbocycles. The molecule has 1 aliphatic carbocycles. The summed E-state index contributed by atoms with van der Waals surface area (Å²) < 4.78 is 44.6. The van der Waals surface area contributed by atoms with Crippen molar-refractivity contribution in [3.63, 3.8) is 0 Å². The monoisotopic (exact) mass is 408 g/mol. The average molecular weight is 407 g/mol. The molecule has 0 N–H and O–H groups in total. The molecule has 0 radical (unpaired) electrons. The number of hydrogen-bond acceptors (Lipinski definition) is 3. The summed E-state index contributed by atoms with van der Waals surface area (Å²) in [6, 6.07) is 0. The quantitative estimate of drug-likeness (QED) is 0.495. The van der Waals surface area contributed by atoms with Crippen LogP contribution in [0.4, 0.5) is 17.3 Å². The fraction of sp³-hybridized carbons (Fsp3) is 0.462. The molecule has 0 aliphatic heterocycles. The van der Waals surface area contributed by atoms with Crippen LogP contribution in [0.2, 0.25) is 0 Å². The van der Waals surface area contributed by atoms with E-state index in [1.807, 2.05) is 34.6 Å². The second-order valence-corrected chi connectivity index (χ2v) is 9.58. The molecule has 22 heavy (non-hydrogen) atoms. The first-order valence-electron chi connectivity index (χ1n) is 5.94. The fourth-order valence-corrected chi connectivity index (χ4v) is 6.23. The largest absolute Gasteiger partial charge is 0.673 e. The van der Waals surface area contributed by atoms with Crippen LogP contribution in [0.1, 0.15) is 34.6 Å². The van der Waals surface area contributed by atoms with Gasteiger partial charge in [-0.05, 0) is 0 Å². The van der Waals surface area contributed by atoms with Crippen molar-refractivity contribution in [3.05, 3.63) is 20.9 Å². The predicted octanol–water partition coefficient (Wildman–Crippen LogP) is 3.29. The van der Waals surface area contributed by atoms with Crippen LogP contribution in [0.5, 0.6) is 0 Å². The van der Waals surface area contributed by atoms with E-state index in [2.05, 4.69) is 0 Å². The van der Waals surface area contributed by atoms with Crippen molar-refractivity contribution in [2.45, 2.75) is 34.6 Å². The van der Waals surface area contributed by atoms with Crippen molar-refractivity contribution in [3.8, 4) is 0 Å². The molecule has 0 unspecified atom stereocenters. The number of hydrogen-bond donors (Lipinski definition) is 0. The van der Waals surface area contributed by atoms with Crippen LogP contribution in [0, 0.1) is 5.41 Å². The summed E-state index contributed by atoms with van der Waals surface area (Å²) in [5, 5.41) is 0. The molecule has 0 spiro atoms. The Bertz CT molecular complexity index is 749. The number of halogens is 4. The summed E-state index contributed by atoms with van der Waals surface area (Å²) in [6.07, 6.45) is 0. The van der Waals surface area contributed by atoms with Crippen molar-refractivity contribution < 1.29 is 45.1 Å². The maximum Gasteiger partial charge on any atom is 0.673 e. The van der Waals surface area contributed by atoms with E-state index in [9.17, 15) is 31.6 Å². The molecule has 0 bridgehead atoms. The van der Waals surface area contributed by atoms with Crippen LogP contribution in [-0.4, -0.2) is 20.7 Å². The minimum atomic E-state index is -6.00. The third-order valence-corrected chi connectivity index (χ3v) is 8.14. The summed E-state index contributed by atoms with van der Waals surface area (Å²) in [5.41, 5.74) is 2.52. The van der Waals surface area contributed by atoms with Crippen LogP contribution in [0.25, 0.3) is 0 Å². The van der Waals surface area contributed by atoms with E-state index in [1.165, 1.54) is 0 Å². The van der Waals surface area contributed by atoms with Crippen molar-refractivity contribution in [2.75, 3.05) is 0 Å². The van der Waals surface area contributed by atoms with E-state index in [4.69, 9.17) is 0 Å². The van der Waals surface area contributed by atoms with Gasteiger partial charge < -0.3 is 17.3 Å². The molecule has 0 saturated heterocycles. The van der Waals surface area contributed by atoms with Gasteiger partial charge in [-0.25, -0.2) is 0 Å². The molecular formula is C13H15BF4O3Ru-. The van der Waals surface area contributed by atoms with E-state index < -0.39 is 26.1 Å². The molecule has 0 atom stereocenters. The van der Waals surface area contributed by atoms with Crippen LogP contribution in [0.3, 0.4) is 0 Å². The van der Waals surface area contributed by atoms with Gasteiger partial charge >= 0.3 is 109 Å². The second-order valence-electron chi connectivity index (χ2n) is 5.04. The zero-order valence-corrected chi connectivity index (χ0v) is 14.4. The third kappa shape index (κ3) is 4.09. The molecule has 0 fully saturated rings. The average Bonchev–Trinajstić information content (AvgIpc) is 2.54. The standard InChI is InChI=1S/C10H15.3CO.BF4.Ru/c1-7-6-10(4,5)9(3)8(7)2;3*1-2;2-1(3,4)5;/h1-5H3;;;;;/q;;;;-1;. The fourth-order valence-electron chi connectivity index (χ4n) is 2.22. The molecule has 125 valence electrons. The first-order valence-corrected chi connectivity index (χ1v) is 9.42. The van der Waals surface area contributed by atoms with E-state index >= 15 is 0 Å². The minimum Gasteiger partial charge on any atom is -0.418 e. The van der Waals surface area contributed by atoms with Gasteiger partial charge in [-0.1, -0.05) is 0 Å². The molecule has 0 aromatic heterocycles. The van der Waals surface area contributed by atoms with E-state index in [1.54, 1.807) is 13.4 Å². The van der Waals surface area contributed by atoms with Crippen LogP contribution in [-0.2, 0) is 27.8 Å². The van der Waals surface area contributed by atoms with E-state index in [-0.39, 0.29) is 0 Å². The van der Waals surface area contributed by atoms with Crippen molar-refractivity contribution in [1.82, 2.24) is 0 Å². The summed E-state index contributed by atoms with van der Waals surface area (Å²) in [4.78, 5) is 33.3. The Kier molecular flexibility index (Phi) is 6.38. The topological polar surface area (TPSA) is 51.2 Å². The van der Waals surface area contributed by atoms with Gasteiger partial charge in [0.1, 0.15) is 0 Å². The van der Waals surface area contributed by atoms with Gasteiger partial charge in [0.25, 0.3) is 0 Å². The Morgan fingerprint density at radius 2 is 1.18 bits per heavy atom.